The zero-order chi connectivity index (χ0) is 8.97. The predicted molar refractivity (Wildman–Crippen MR) is 47.5 cm³/mol. The number of hydrogen-bond donors (Lipinski definition) is 1. The highest BCUT2D eigenvalue weighted by atomic mass is 32.2. The second-order valence-corrected chi connectivity index (χ2v) is 2.72. The summed E-state index contributed by atoms with van der Waals surface area (Å²) in [6.07, 6.45) is 1.62. The summed E-state index contributed by atoms with van der Waals surface area (Å²) in [5.41, 5.74) is 0.823. The van der Waals surface area contributed by atoms with Gasteiger partial charge in [0.1, 0.15) is 5.75 Å². The Morgan fingerprint density at radius 1 is 1.42 bits per heavy atom. The van der Waals surface area contributed by atoms with Gasteiger partial charge in [0, 0.05) is 0 Å². The van der Waals surface area contributed by atoms with Crippen molar-refractivity contribution >= 4 is 17.1 Å². The molecule has 0 fully saturated rings. The molecular weight excluding hydrogens is 176 g/mol. The molecule has 12 heavy (non-hydrogen) atoms. The van der Waals surface area contributed by atoms with E-state index in [-0.39, 0.29) is 0 Å². The average molecular weight is 184 g/mol. The molecule has 0 N–H and O–H groups in total. The smallest absolute Gasteiger partial charge is 0.299 e. The summed E-state index contributed by atoms with van der Waals surface area (Å²) in [4.78, 5) is 0. The number of hydrogen-bond acceptors (Lipinski definition) is 3. The Bertz CT molecular complexity index is 347. The minimum absolute atomic E-state index is 0.309. The van der Waals surface area contributed by atoms with Gasteiger partial charge in [-0.1, -0.05) is 24.8 Å². The molecule has 0 amide bonds. The SMILES string of the molecule is C=Cc1cccc(O[SH](=O)=O)c1. The van der Waals surface area contributed by atoms with Gasteiger partial charge >= 0.3 is 0 Å². The van der Waals surface area contributed by atoms with E-state index < -0.39 is 11.0 Å². The summed E-state index contributed by atoms with van der Waals surface area (Å²) in [6.45, 7) is 3.54. The Morgan fingerprint density at radius 3 is 2.75 bits per heavy atom. The Labute approximate surface area is 72.5 Å². The van der Waals surface area contributed by atoms with Crippen molar-refractivity contribution in [3.8, 4) is 5.75 Å². The first-order chi connectivity index (χ1) is 5.72. The van der Waals surface area contributed by atoms with Crippen molar-refractivity contribution in [1.82, 2.24) is 0 Å². The molecule has 0 radical (unpaired) electrons. The predicted octanol–water partition coefficient (Wildman–Crippen LogP) is 1.23. The first-order valence-corrected chi connectivity index (χ1v) is 4.37. The van der Waals surface area contributed by atoms with Crippen LogP contribution in [0.5, 0.6) is 5.75 Å². The number of benzene rings is 1. The molecule has 0 spiro atoms. The summed E-state index contributed by atoms with van der Waals surface area (Å²) in [5.74, 6) is 0.309. The van der Waals surface area contributed by atoms with Gasteiger partial charge in [0.05, 0.1) is 0 Å². The van der Waals surface area contributed by atoms with E-state index in [1.807, 2.05) is 0 Å². The molecule has 0 bridgehead atoms. The van der Waals surface area contributed by atoms with Gasteiger partial charge in [-0.15, -0.1) is 0 Å². The van der Waals surface area contributed by atoms with Crippen LogP contribution in [0.1, 0.15) is 5.56 Å². The minimum Gasteiger partial charge on any atom is -0.384 e. The van der Waals surface area contributed by atoms with Gasteiger partial charge in [-0.2, -0.15) is 8.42 Å². The molecule has 0 aliphatic carbocycles. The van der Waals surface area contributed by atoms with Crippen LogP contribution >= 0.6 is 0 Å². The van der Waals surface area contributed by atoms with Crippen LogP contribution < -0.4 is 4.18 Å². The van der Waals surface area contributed by atoms with Crippen molar-refractivity contribution in [2.75, 3.05) is 0 Å². The minimum atomic E-state index is -2.83. The van der Waals surface area contributed by atoms with Crippen molar-refractivity contribution < 1.29 is 12.6 Å². The lowest BCUT2D eigenvalue weighted by Crippen LogP contribution is -1.89. The van der Waals surface area contributed by atoms with Gasteiger partial charge < -0.3 is 4.18 Å². The quantitative estimate of drug-likeness (QED) is 0.718. The van der Waals surface area contributed by atoms with E-state index in [1.54, 1.807) is 30.3 Å². The van der Waals surface area contributed by atoms with E-state index in [0.29, 0.717) is 5.75 Å². The van der Waals surface area contributed by atoms with Crippen LogP contribution in [0.2, 0.25) is 0 Å². The Hall–Kier alpha value is -1.29. The molecule has 64 valence electrons. The summed E-state index contributed by atoms with van der Waals surface area (Å²) in [5, 5.41) is 0. The molecule has 0 heterocycles. The van der Waals surface area contributed by atoms with Crippen LogP contribution in [0.4, 0.5) is 0 Å². The Balaban J connectivity index is 2.93. The highest BCUT2D eigenvalue weighted by molar-refractivity contribution is 7.67. The molecule has 4 heteroatoms. The van der Waals surface area contributed by atoms with Crippen molar-refractivity contribution in [3.05, 3.63) is 36.4 Å². The number of thiol groups is 1. The zero-order valence-corrected chi connectivity index (χ0v) is 7.16. The van der Waals surface area contributed by atoms with E-state index in [1.165, 1.54) is 0 Å². The molecule has 0 saturated carbocycles. The topological polar surface area (TPSA) is 43.4 Å². The van der Waals surface area contributed by atoms with E-state index in [4.69, 9.17) is 0 Å². The maximum absolute atomic E-state index is 10.2. The van der Waals surface area contributed by atoms with Crippen molar-refractivity contribution in [2.45, 2.75) is 0 Å². The second kappa shape index (κ2) is 3.92. The molecule has 1 aromatic carbocycles. The number of rotatable bonds is 3. The van der Waals surface area contributed by atoms with Gasteiger partial charge in [0.2, 0.25) is 0 Å². The van der Waals surface area contributed by atoms with Crippen molar-refractivity contribution in [2.24, 2.45) is 0 Å². The lowest BCUT2D eigenvalue weighted by molar-refractivity contribution is 0.510. The monoisotopic (exact) mass is 184 g/mol. The molecule has 1 rings (SSSR count). The fourth-order valence-corrected chi connectivity index (χ4v) is 1.07. The molecule has 0 aliphatic heterocycles. The van der Waals surface area contributed by atoms with Gasteiger partial charge in [-0.25, -0.2) is 0 Å². The Kier molecular flexibility index (Phi) is 2.88. The lowest BCUT2D eigenvalue weighted by Gasteiger charge is -1.97. The maximum atomic E-state index is 10.2. The summed E-state index contributed by atoms with van der Waals surface area (Å²) in [6, 6.07) is 6.67. The summed E-state index contributed by atoms with van der Waals surface area (Å²) < 4.78 is 24.8. The molecule has 0 aromatic heterocycles. The fraction of sp³-hybridized carbons (Fsp3) is 0. The first kappa shape index (κ1) is 8.80. The van der Waals surface area contributed by atoms with Crippen LogP contribution in [0.15, 0.2) is 30.8 Å². The van der Waals surface area contributed by atoms with E-state index in [2.05, 4.69) is 10.8 Å². The van der Waals surface area contributed by atoms with E-state index in [0.717, 1.165) is 5.56 Å². The lowest BCUT2D eigenvalue weighted by atomic mass is 10.2. The van der Waals surface area contributed by atoms with Crippen LogP contribution in [0, 0.1) is 0 Å². The molecule has 0 saturated heterocycles. The molecule has 0 unspecified atom stereocenters. The fourth-order valence-electron chi connectivity index (χ4n) is 0.784. The normalized spacial score (nSPS) is 9.75. The molecule has 1 aromatic rings. The third-order valence-corrected chi connectivity index (χ3v) is 1.63. The largest absolute Gasteiger partial charge is 0.384 e. The van der Waals surface area contributed by atoms with Crippen LogP contribution in [0.3, 0.4) is 0 Å². The second-order valence-electron chi connectivity index (χ2n) is 2.09. The van der Waals surface area contributed by atoms with Crippen molar-refractivity contribution in [1.29, 1.82) is 0 Å². The third kappa shape index (κ3) is 2.39. The summed E-state index contributed by atoms with van der Waals surface area (Å²) >= 11 is 0. The molecule has 0 aliphatic rings. The van der Waals surface area contributed by atoms with Gasteiger partial charge in [0.15, 0.2) is 0 Å². The van der Waals surface area contributed by atoms with Crippen LogP contribution in [-0.2, 0) is 11.0 Å². The Morgan fingerprint density at radius 2 is 2.17 bits per heavy atom. The van der Waals surface area contributed by atoms with E-state index in [9.17, 15) is 8.42 Å². The molecule has 0 atom stereocenters. The molecule has 3 nitrogen and oxygen atoms in total. The van der Waals surface area contributed by atoms with Crippen LogP contribution in [-0.4, -0.2) is 8.42 Å². The highest BCUT2D eigenvalue weighted by Crippen LogP contribution is 2.13. The third-order valence-electron chi connectivity index (χ3n) is 1.27. The molecular formula is C8H8O3S. The zero-order valence-electron chi connectivity index (χ0n) is 6.27. The van der Waals surface area contributed by atoms with E-state index >= 15 is 0 Å². The highest BCUT2D eigenvalue weighted by Gasteiger charge is 1.93. The maximum Gasteiger partial charge on any atom is 0.299 e. The average Bonchev–Trinajstić information content (AvgIpc) is 2.03. The van der Waals surface area contributed by atoms with Gasteiger partial charge in [-0.05, 0) is 17.7 Å². The first-order valence-electron chi connectivity index (χ1n) is 3.27. The van der Waals surface area contributed by atoms with Crippen molar-refractivity contribution in [3.63, 3.8) is 0 Å². The van der Waals surface area contributed by atoms with Gasteiger partial charge in [-0.3, -0.25) is 0 Å². The standard InChI is InChI=1S/C8H8O3S/c1-2-7-4-3-5-8(6-7)11-12(9)10/h2-6,12H,1H2. The van der Waals surface area contributed by atoms with Gasteiger partial charge in [0.25, 0.3) is 11.0 Å². The summed E-state index contributed by atoms with van der Waals surface area (Å²) in [7, 11) is -2.83. The van der Waals surface area contributed by atoms with Crippen LogP contribution in [0.25, 0.3) is 6.08 Å².